The van der Waals surface area contributed by atoms with Crippen LogP contribution in [0.4, 0.5) is 0 Å². The number of amides is 1. The molecule has 1 heterocycles. The van der Waals surface area contributed by atoms with E-state index in [9.17, 15) is 13.2 Å². The fourth-order valence-electron chi connectivity index (χ4n) is 2.69. The van der Waals surface area contributed by atoms with E-state index in [1.54, 1.807) is 13.0 Å². The Labute approximate surface area is 140 Å². The SMILES string of the molecule is Cc1ccc(S(N)(=O)=O)cc1C(=O)NC[C@@H]1Cc2ccccc2O1. The van der Waals surface area contributed by atoms with Crippen molar-refractivity contribution >= 4 is 15.9 Å². The molecule has 6 nitrogen and oxygen atoms in total. The number of carbonyl (C=O) groups is 1. The molecule has 2 aromatic carbocycles. The van der Waals surface area contributed by atoms with Gasteiger partial charge in [-0.15, -0.1) is 0 Å². The summed E-state index contributed by atoms with van der Waals surface area (Å²) in [5, 5.41) is 7.91. The lowest BCUT2D eigenvalue weighted by atomic mass is 10.1. The number of hydrogen-bond donors (Lipinski definition) is 2. The van der Waals surface area contributed by atoms with Gasteiger partial charge in [-0.1, -0.05) is 24.3 Å². The van der Waals surface area contributed by atoms with Crippen LogP contribution in [0.2, 0.25) is 0 Å². The van der Waals surface area contributed by atoms with E-state index in [0.717, 1.165) is 17.7 Å². The van der Waals surface area contributed by atoms with E-state index in [1.165, 1.54) is 12.1 Å². The standard InChI is InChI=1S/C17H18N2O4S/c1-11-6-7-14(24(18,21)22)9-15(11)17(20)19-10-13-8-12-4-2-3-5-16(12)23-13/h2-7,9,13H,8,10H2,1H3,(H,19,20)(H2,18,21,22)/t13-/m0/s1. The molecule has 0 fully saturated rings. The highest BCUT2D eigenvalue weighted by atomic mass is 32.2. The Hall–Kier alpha value is -2.38. The zero-order chi connectivity index (χ0) is 17.3. The Balaban J connectivity index is 1.68. The molecule has 0 aromatic heterocycles. The lowest BCUT2D eigenvalue weighted by Gasteiger charge is -2.13. The van der Waals surface area contributed by atoms with Crippen LogP contribution in [-0.4, -0.2) is 27.0 Å². The number of nitrogens with one attached hydrogen (secondary N) is 1. The number of benzene rings is 2. The number of ether oxygens (including phenoxy) is 1. The summed E-state index contributed by atoms with van der Waals surface area (Å²) >= 11 is 0. The predicted molar refractivity (Wildman–Crippen MR) is 89.4 cm³/mol. The van der Waals surface area contributed by atoms with E-state index in [0.29, 0.717) is 12.1 Å². The minimum atomic E-state index is -3.85. The molecule has 0 saturated heterocycles. The van der Waals surface area contributed by atoms with Gasteiger partial charge >= 0.3 is 0 Å². The van der Waals surface area contributed by atoms with Gasteiger partial charge in [-0.05, 0) is 36.2 Å². The van der Waals surface area contributed by atoms with Crippen LogP contribution >= 0.6 is 0 Å². The predicted octanol–water partition coefficient (Wildman–Crippen LogP) is 1.38. The van der Waals surface area contributed by atoms with Crippen molar-refractivity contribution in [1.82, 2.24) is 5.32 Å². The van der Waals surface area contributed by atoms with Crippen LogP contribution in [0, 0.1) is 6.92 Å². The highest BCUT2D eigenvalue weighted by molar-refractivity contribution is 7.89. The number of aryl methyl sites for hydroxylation is 1. The number of rotatable bonds is 4. The molecular formula is C17H18N2O4S. The lowest BCUT2D eigenvalue weighted by Crippen LogP contribution is -2.34. The largest absolute Gasteiger partial charge is 0.488 e. The van der Waals surface area contributed by atoms with Crippen molar-refractivity contribution in [3.8, 4) is 5.75 Å². The summed E-state index contributed by atoms with van der Waals surface area (Å²) in [6.45, 7) is 2.08. The molecule has 126 valence electrons. The summed E-state index contributed by atoms with van der Waals surface area (Å²) in [6.07, 6.45) is 0.597. The van der Waals surface area contributed by atoms with Crippen LogP contribution in [-0.2, 0) is 16.4 Å². The van der Waals surface area contributed by atoms with Crippen molar-refractivity contribution < 1.29 is 17.9 Å². The summed E-state index contributed by atoms with van der Waals surface area (Å²) in [7, 11) is -3.85. The van der Waals surface area contributed by atoms with Crippen LogP contribution < -0.4 is 15.2 Å². The average molecular weight is 346 g/mol. The summed E-state index contributed by atoms with van der Waals surface area (Å²) < 4.78 is 28.6. The van der Waals surface area contributed by atoms with Gasteiger partial charge in [-0.3, -0.25) is 4.79 Å². The highest BCUT2D eigenvalue weighted by Crippen LogP contribution is 2.27. The van der Waals surface area contributed by atoms with E-state index in [2.05, 4.69) is 5.32 Å². The molecule has 1 aliphatic heterocycles. The molecule has 0 radical (unpaired) electrons. The van der Waals surface area contributed by atoms with Crippen LogP contribution in [0.25, 0.3) is 0 Å². The zero-order valence-corrected chi connectivity index (χ0v) is 14.0. The Morgan fingerprint density at radius 1 is 1.29 bits per heavy atom. The molecule has 3 N–H and O–H groups in total. The van der Waals surface area contributed by atoms with Gasteiger partial charge < -0.3 is 10.1 Å². The monoisotopic (exact) mass is 346 g/mol. The van der Waals surface area contributed by atoms with Gasteiger partial charge in [0.15, 0.2) is 0 Å². The van der Waals surface area contributed by atoms with Gasteiger partial charge in [0.05, 0.1) is 11.4 Å². The van der Waals surface area contributed by atoms with Crippen LogP contribution in [0.3, 0.4) is 0 Å². The van der Waals surface area contributed by atoms with Gasteiger partial charge in [0.25, 0.3) is 5.91 Å². The van der Waals surface area contributed by atoms with E-state index >= 15 is 0 Å². The second kappa shape index (κ2) is 6.26. The maximum atomic E-state index is 12.4. The van der Waals surface area contributed by atoms with Gasteiger partial charge in [0, 0.05) is 12.0 Å². The van der Waals surface area contributed by atoms with E-state index < -0.39 is 10.0 Å². The minimum absolute atomic E-state index is 0.0808. The number of hydrogen-bond acceptors (Lipinski definition) is 4. The van der Waals surface area contributed by atoms with Crippen molar-refractivity contribution in [2.75, 3.05) is 6.54 Å². The molecule has 1 atom stereocenters. The van der Waals surface area contributed by atoms with Crippen molar-refractivity contribution in [2.45, 2.75) is 24.3 Å². The fourth-order valence-corrected chi connectivity index (χ4v) is 3.23. The highest BCUT2D eigenvalue weighted by Gasteiger charge is 2.23. The maximum absolute atomic E-state index is 12.4. The minimum Gasteiger partial charge on any atom is -0.488 e. The maximum Gasteiger partial charge on any atom is 0.251 e. The molecular weight excluding hydrogens is 328 g/mol. The number of primary sulfonamides is 1. The van der Waals surface area contributed by atoms with E-state index in [1.807, 2.05) is 24.3 Å². The van der Waals surface area contributed by atoms with Crippen LogP contribution in [0.1, 0.15) is 21.5 Å². The van der Waals surface area contributed by atoms with Gasteiger partial charge in [-0.25, -0.2) is 13.6 Å². The summed E-state index contributed by atoms with van der Waals surface area (Å²) in [5.41, 5.74) is 2.08. The number of nitrogens with two attached hydrogens (primary N) is 1. The topological polar surface area (TPSA) is 98.5 Å². The molecule has 0 unspecified atom stereocenters. The third kappa shape index (κ3) is 3.42. The van der Waals surface area contributed by atoms with Crippen molar-refractivity contribution in [2.24, 2.45) is 5.14 Å². The second-order valence-electron chi connectivity index (χ2n) is 5.78. The van der Waals surface area contributed by atoms with Gasteiger partial charge in [0.1, 0.15) is 11.9 Å². The molecule has 2 aromatic rings. The number of fused-ring (bicyclic) bond motifs is 1. The van der Waals surface area contributed by atoms with Crippen molar-refractivity contribution in [3.63, 3.8) is 0 Å². The van der Waals surface area contributed by atoms with Gasteiger partial charge in [0.2, 0.25) is 10.0 Å². The molecule has 1 aliphatic rings. The molecule has 1 amide bonds. The Morgan fingerprint density at radius 2 is 2.04 bits per heavy atom. The van der Waals surface area contributed by atoms with Crippen LogP contribution in [0.15, 0.2) is 47.4 Å². The quantitative estimate of drug-likeness (QED) is 0.873. The van der Waals surface area contributed by atoms with Crippen LogP contribution in [0.5, 0.6) is 5.75 Å². The number of para-hydroxylation sites is 1. The van der Waals surface area contributed by atoms with Crippen molar-refractivity contribution in [3.05, 3.63) is 59.2 Å². The summed E-state index contributed by atoms with van der Waals surface area (Å²) in [6, 6.07) is 12.0. The van der Waals surface area contributed by atoms with Gasteiger partial charge in [-0.2, -0.15) is 0 Å². The summed E-state index contributed by atoms with van der Waals surface area (Å²) in [5.74, 6) is 0.488. The third-order valence-electron chi connectivity index (χ3n) is 3.99. The Kier molecular flexibility index (Phi) is 4.29. The molecule has 0 aliphatic carbocycles. The van der Waals surface area contributed by atoms with E-state index in [4.69, 9.17) is 9.88 Å². The second-order valence-corrected chi connectivity index (χ2v) is 7.34. The fraction of sp³-hybridized carbons (Fsp3) is 0.235. The van der Waals surface area contributed by atoms with Crippen molar-refractivity contribution in [1.29, 1.82) is 0 Å². The zero-order valence-electron chi connectivity index (χ0n) is 13.2. The molecule has 24 heavy (non-hydrogen) atoms. The number of carbonyl (C=O) groups excluding carboxylic acids is 1. The molecule has 0 saturated carbocycles. The smallest absolute Gasteiger partial charge is 0.251 e. The Morgan fingerprint density at radius 3 is 2.75 bits per heavy atom. The third-order valence-corrected chi connectivity index (χ3v) is 4.90. The first-order chi connectivity index (χ1) is 11.3. The Bertz CT molecular complexity index is 868. The molecule has 0 bridgehead atoms. The lowest BCUT2D eigenvalue weighted by molar-refractivity contribution is 0.0932. The first-order valence-electron chi connectivity index (χ1n) is 7.51. The molecule has 3 rings (SSSR count). The molecule has 0 spiro atoms. The number of sulfonamides is 1. The van der Waals surface area contributed by atoms with E-state index in [-0.39, 0.29) is 22.5 Å². The normalized spacial score (nSPS) is 16.3. The first kappa shape index (κ1) is 16.5. The average Bonchev–Trinajstić information content (AvgIpc) is 2.94. The summed E-state index contributed by atoms with van der Waals surface area (Å²) in [4.78, 5) is 12.3. The molecule has 7 heteroatoms. The first-order valence-corrected chi connectivity index (χ1v) is 9.05.